The maximum absolute atomic E-state index is 5.54. The molecule has 0 aromatic carbocycles. The van der Waals surface area contributed by atoms with Crippen LogP contribution in [0.2, 0.25) is 0 Å². The summed E-state index contributed by atoms with van der Waals surface area (Å²) in [6.45, 7) is 5.54. The van der Waals surface area contributed by atoms with E-state index in [9.17, 15) is 0 Å². The van der Waals surface area contributed by atoms with E-state index < -0.39 is 0 Å². The highest BCUT2D eigenvalue weighted by atomic mass is 127. The molecule has 0 saturated carbocycles. The first-order valence-corrected chi connectivity index (χ1v) is 7.06. The van der Waals surface area contributed by atoms with Crippen LogP contribution in [0.5, 0.6) is 0 Å². The molecule has 1 fully saturated rings. The molecule has 0 radical (unpaired) electrons. The number of halogens is 2. The average Bonchev–Trinajstić information content (AvgIpc) is 2.08. The molecule has 0 spiro atoms. The number of nitrogens with zero attached hydrogens (tertiary/aromatic N) is 1. The van der Waals surface area contributed by atoms with Gasteiger partial charge in [-0.15, -0.1) is 0 Å². The van der Waals surface area contributed by atoms with Gasteiger partial charge in [0.1, 0.15) is 4.11 Å². The average molecular weight is 409 g/mol. The summed E-state index contributed by atoms with van der Waals surface area (Å²) in [5, 5.41) is 0. The second kappa shape index (κ2) is 6.79. The molecule has 1 rings (SSSR count). The third kappa shape index (κ3) is 5.74. The molecule has 78 valence electrons. The lowest BCUT2D eigenvalue weighted by Crippen LogP contribution is -2.26. The smallest absolute Gasteiger partial charge is 0.106 e. The lowest BCUT2D eigenvalue weighted by atomic mass is 9.95. The van der Waals surface area contributed by atoms with Gasteiger partial charge in [0, 0.05) is 42.6 Å². The van der Waals surface area contributed by atoms with Crippen molar-refractivity contribution in [2.24, 2.45) is 5.92 Å². The Balaban J connectivity index is 2.02. The quantitative estimate of drug-likeness (QED) is 0.402. The van der Waals surface area contributed by atoms with E-state index in [0.29, 0.717) is 4.11 Å². The molecule has 1 aliphatic rings. The van der Waals surface area contributed by atoms with Gasteiger partial charge in [-0.1, -0.05) is 22.6 Å². The van der Waals surface area contributed by atoms with Crippen molar-refractivity contribution in [3.05, 3.63) is 0 Å². The Hall–Kier alpha value is 1.38. The van der Waals surface area contributed by atoms with Crippen LogP contribution in [0.4, 0.5) is 0 Å². The molecular weight excluding hydrogens is 392 g/mol. The zero-order valence-corrected chi connectivity index (χ0v) is 12.3. The molecule has 0 bridgehead atoms. The summed E-state index contributed by atoms with van der Waals surface area (Å²) in [6.07, 6.45) is 3.95. The molecular formula is C9H17I2NO. The van der Waals surface area contributed by atoms with Crippen molar-refractivity contribution in [3.8, 4) is 0 Å². The van der Waals surface area contributed by atoms with Crippen molar-refractivity contribution in [2.75, 3.05) is 19.7 Å². The van der Waals surface area contributed by atoms with Crippen molar-refractivity contribution in [1.82, 2.24) is 3.11 Å². The highest BCUT2D eigenvalue weighted by molar-refractivity contribution is 14.1. The Morgan fingerprint density at radius 3 is 2.62 bits per heavy atom. The molecule has 0 aromatic rings. The summed E-state index contributed by atoms with van der Waals surface area (Å²) in [5.41, 5.74) is 0. The van der Waals surface area contributed by atoms with E-state index in [2.05, 4.69) is 55.5 Å². The Labute approximate surface area is 108 Å². The van der Waals surface area contributed by atoms with Crippen molar-refractivity contribution in [3.63, 3.8) is 0 Å². The van der Waals surface area contributed by atoms with Crippen molar-refractivity contribution >= 4 is 45.5 Å². The Kier molecular flexibility index (Phi) is 6.50. The predicted molar refractivity (Wildman–Crippen MR) is 72.4 cm³/mol. The molecule has 0 N–H and O–H groups in total. The minimum absolute atomic E-state index is 0.363. The van der Waals surface area contributed by atoms with Crippen LogP contribution in [0.25, 0.3) is 0 Å². The highest BCUT2D eigenvalue weighted by Crippen LogP contribution is 2.22. The molecule has 1 unspecified atom stereocenters. The largest absolute Gasteiger partial charge is 0.368 e. The van der Waals surface area contributed by atoms with Crippen molar-refractivity contribution in [2.45, 2.75) is 30.3 Å². The van der Waals surface area contributed by atoms with Crippen LogP contribution < -0.4 is 0 Å². The molecule has 2 nitrogen and oxygen atoms in total. The third-order valence-electron chi connectivity index (χ3n) is 2.43. The molecule has 13 heavy (non-hydrogen) atoms. The van der Waals surface area contributed by atoms with Gasteiger partial charge in [-0.3, -0.25) is 0 Å². The van der Waals surface area contributed by atoms with Crippen LogP contribution in [0.3, 0.4) is 0 Å². The number of ether oxygens (including phenoxy) is 1. The summed E-state index contributed by atoms with van der Waals surface area (Å²) in [4.78, 5) is 0. The van der Waals surface area contributed by atoms with E-state index in [1.54, 1.807) is 0 Å². The van der Waals surface area contributed by atoms with Gasteiger partial charge in [-0.05, 0) is 32.1 Å². The van der Waals surface area contributed by atoms with E-state index in [1.807, 2.05) is 0 Å². The lowest BCUT2D eigenvalue weighted by molar-refractivity contribution is 0.112. The zero-order chi connectivity index (χ0) is 9.68. The van der Waals surface area contributed by atoms with E-state index in [0.717, 1.165) is 12.5 Å². The van der Waals surface area contributed by atoms with Gasteiger partial charge in [0.15, 0.2) is 0 Å². The number of alkyl halides is 1. The first-order chi connectivity index (χ1) is 6.18. The monoisotopic (exact) mass is 409 g/mol. The fraction of sp³-hybridized carbons (Fsp3) is 1.00. The fourth-order valence-corrected chi connectivity index (χ4v) is 2.40. The van der Waals surface area contributed by atoms with E-state index in [4.69, 9.17) is 4.74 Å². The summed E-state index contributed by atoms with van der Waals surface area (Å²) in [5.74, 6) is 0.904. The minimum Gasteiger partial charge on any atom is -0.368 e. The van der Waals surface area contributed by atoms with Gasteiger partial charge in [-0.2, -0.15) is 0 Å². The van der Waals surface area contributed by atoms with E-state index in [-0.39, 0.29) is 0 Å². The van der Waals surface area contributed by atoms with Gasteiger partial charge >= 0.3 is 0 Å². The Morgan fingerprint density at radius 2 is 2.08 bits per heavy atom. The standard InChI is InChI=1S/C9H17I2NO/c1-8(10)13-7-4-9-2-5-12(11)6-3-9/h8-9H,2-7H2,1H3. The Bertz CT molecular complexity index is 136. The van der Waals surface area contributed by atoms with Crippen LogP contribution in [0, 0.1) is 5.92 Å². The van der Waals surface area contributed by atoms with E-state index in [1.165, 1.54) is 32.4 Å². The van der Waals surface area contributed by atoms with Crippen molar-refractivity contribution in [1.29, 1.82) is 0 Å². The maximum atomic E-state index is 5.54. The van der Waals surface area contributed by atoms with Gasteiger partial charge in [-0.25, -0.2) is 3.11 Å². The predicted octanol–water partition coefficient (Wildman–Crippen LogP) is 3.24. The van der Waals surface area contributed by atoms with Crippen LogP contribution in [0.15, 0.2) is 0 Å². The normalized spacial score (nSPS) is 23.3. The maximum Gasteiger partial charge on any atom is 0.106 e. The summed E-state index contributed by atoms with van der Waals surface area (Å²) >= 11 is 4.72. The zero-order valence-electron chi connectivity index (χ0n) is 8.01. The van der Waals surface area contributed by atoms with Crippen LogP contribution >= 0.6 is 45.5 Å². The van der Waals surface area contributed by atoms with Crippen LogP contribution in [0.1, 0.15) is 26.2 Å². The SMILES string of the molecule is CC(I)OCCC1CCN(I)CC1. The Morgan fingerprint density at radius 1 is 1.46 bits per heavy atom. The van der Waals surface area contributed by atoms with Crippen LogP contribution in [-0.4, -0.2) is 26.9 Å². The van der Waals surface area contributed by atoms with E-state index >= 15 is 0 Å². The second-order valence-electron chi connectivity index (χ2n) is 3.56. The molecule has 0 amide bonds. The molecule has 1 heterocycles. The lowest BCUT2D eigenvalue weighted by Gasteiger charge is -2.27. The summed E-state index contributed by atoms with van der Waals surface area (Å²) < 4.78 is 8.29. The van der Waals surface area contributed by atoms with Gasteiger partial charge in [0.25, 0.3) is 0 Å². The number of rotatable bonds is 4. The molecule has 1 aliphatic heterocycles. The third-order valence-corrected chi connectivity index (χ3v) is 3.76. The number of hydrogen-bond acceptors (Lipinski definition) is 2. The summed E-state index contributed by atoms with van der Waals surface area (Å²) in [6, 6.07) is 0. The first-order valence-electron chi connectivity index (χ1n) is 4.85. The minimum atomic E-state index is 0.363. The van der Waals surface area contributed by atoms with Crippen molar-refractivity contribution < 1.29 is 4.74 Å². The highest BCUT2D eigenvalue weighted by Gasteiger charge is 2.17. The fourth-order valence-electron chi connectivity index (χ4n) is 1.59. The number of piperidine rings is 1. The molecule has 0 aliphatic carbocycles. The topological polar surface area (TPSA) is 12.5 Å². The number of hydrogen-bond donors (Lipinski definition) is 0. The molecule has 0 aromatic heterocycles. The second-order valence-corrected chi connectivity index (χ2v) is 6.67. The van der Waals surface area contributed by atoms with Gasteiger partial charge < -0.3 is 4.74 Å². The molecule has 4 heteroatoms. The van der Waals surface area contributed by atoms with Gasteiger partial charge in [0.05, 0.1) is 0 Å². The first kappa shape index (κ1) is 12.4. The summed E-state index contributed by atoms with van der Waals surface area (Å²) in [7, 11) is 0. The molecule has 1 saturated heterocycles. The van der Waals surface area contributed by atoms with Crippen LogP contribution in [-0.2, 0) is 4.74 Å². The van der Waals surface area contributed by atoms with Gasteiger partial charge in [0.2, 0.25) is 0 Å². The molecule has 1 atom stereocenters.